The minimum Gasteiger partial charge on any atom is -0.346 e. The molecule has 1 amide bonds. The summed E-state index contributed by atoms with van der Waals surface area (Å²) in [5.41, 5.74) is 5.13. The van der Waals surface area contributed by atoms with Gasteiger partial charge in [-0.25, -0.2) is 8.42 Å². The first-order chi connectivity index (χ1) is 12.0. The molecule has 0 aliphatic carbocycles. The maximum atomic E-state index is 12.6. The second-order valence-corrected chi connectivity index (χ2v) is 8.78. The molecule has 26 heavy (non-hydrogen) atoms. The molecule has 2 aromatic carbocycles. The molecule has 0 aromatic heterocycles. The Morgan fingerprint density at radius 2 is 1.62 bits per heavy atom. The minimum atomic E-state index is -3.39. The molecule has 140 valence electrons. The Kier molecular flexibility index (Phi) is 5.76. The highest BCUT2D eigenvalue weighted by Crippen LogP contribution is 2.23. The number of benzene rings is 2. The van der Waals surface area contributed by atoms with Crippen molar-refractivity contribution in [3.8, 4) is 0 Å². The molecule has 0 saturated carbocycles. The molecule has 1 N–H and O–H groups in total. The summed E-state index contributed by atoms with van der Waals surface area (Å²) in [5.74, 6) is -0.237. The average molecular weight is 375 g/mol. The number of amides is 1. The molecule has 0 fully saturated rings. The van der Waals surface area contributed by atoms with Crippen molar-refractivity contribution in [2.45, 2.75) is 33.7 Å². The molecule has 0 aliphatic rings. The van der Waals surface area contributed by atoms with Crippen molar-refractivity contribution in [2.75, 3.05) is 17.6 Å². The molecule has 2 rings (SSSR count). The summed E-state index contributed by atoms with van der Waals surface area (Å²) in [6, 6.07) is 11.0. The highest BCUT2D eigenvalue weighted by atomic mass is 32.2. The highest BCUT2D eigenvalue weighted by molar-refractivity contribution is 7.92. The standard InChI is InChI=1S/C20H26N2O3S/c1-13-7-9-17(11-15(13)3)16(4)21-20(23)18-10-8-14(2)19(12-18)22(5)26(6,24)25/h7-12,16H,1-6H3,(H,21,23)/t16-/m0/s1. The molecule has 0 saturated heterocycles. The van der Waals surface area contributed by atoms with E-state index in [1.807, 2.05) is 32.9 Å². The van der Waals surface area contributed by atoms with Crippen LogP contribution in [0.5, 0.6) is 0 Å². The lowest BCUT2D eigenvalue weighted by Gasteiger charge is -2.20. The fourth-order valence-corrected chi connectivity index (χ4v) is 3.22. The van der Waals surface area contributed by atoms with Crippen LogP contribution in [0, 0.1) is 20.8 Å². The van der Waals surface area contributed by atoms with Gasteiger partial charge in [-0.1, -0.05) is 24.3 Å². The third kappa shape index (κ3) is 4.43. The third-order valence-corrected chi connectivity index (χ3v) is 5.88. The van der Waals surface area contributed by atoms with Crippen LogP contribution in [0.25, 0.3) is 0 Å². The van der Waals surface area contributed by atoms with E-state index in [4.69, 9.17) is 0 Å². The van der Waals surface area contributed by atoms with Gasteiger partial charge in [-0.05, 0) is 62.1 Å². The van der Waals surface area contributed by atoms with Crippen molar-refractivity contribution >= 4 is 21.6 Å². The van der Waals surface area contributed by atoms with Crippen molar-refractivity contribution in [2.24, 2.45) is 0 Å². The first kappa shape index (κ1) is 20.0. The van der Waals surface area contributed by atoms with Gasteiger partial charge in [0, 0.05) is 12.6 Å². The largest absolute Gasteiger partial charge is 0.346 e. The van der Waals surface area contributed by atoms with Crippen LogP contribution in [0.15, 0.2) is 36.4 Å². The van der Waals surface area contributed by atoms with E-state index < -0.39 is 10.0 Å². The molecule has 0 radical (unpaired) electrons. The van der Waals surface area contributed by atoms with E-state index in [9.17, 15) is 13.2 Å². The Bertz CT molecular complexity index is 936. The van der Waals surface area contributed by atoms with Crippen LogP contribution in [-0.4, -0.2) is 27.6 Å². The van der Waals surface area contributed by atoms with Gasteiger partial charge in [0.1, 0.15) is 0 Å². The van der Waals surface area contributed by atoms with Gasteiger partial charge in [0.2, 0.25) is 10.0 Å². The van der Waals surface area contributed by atoms with Crippen molar-refractivity contribution < 1.29 is 13.2 Å². The summed E-state index contributed by atoms with van der Waals surface area (Å²) in [4.78, 5) is 12.6. The minimum absolute atomic E-state index is 0.154. The number of sulfonamides is 1. The lowest BCUT2D eigenvalue weighted by Crippen LogP contribution is -2.28. The molecule has 1 atom stereocenters. The van der Waals surface area contributed by atoms with Gasteiger partial charge in [0.05, 0.1) is 18.0 Å². The van der Waals surface area contributed by atoms with Crippen molar-refractivity contribution in [3.05, 3.63) is 64.2 Å². The summed E-state index contributed by atoms with van der Waals surface area (Å²) in [5, 5.41) is 2.98. The Morgan fingerprint density at radius 3 is 2.19 bits per heavy atom. The zero-order valence-corrected chi connectivity index (χ0v) is 16.9. The molecular weight excluding hydrogens is 348 g/mol. The first-order valence-corrected chi connectivity index (χ1v) is 10.3. The number of hydrogen-bond donors (Lipinski definition) is 1. The third-order valence-electron chi connectivity index (χ3n) is 4.69. The van der Waals surface area contributed by atoms with Crippen molar-refractivity contribution in [1.29, 1.82) is 0 Å². The van der Waals surface area contributed by atoms with Crippen LogP contribution in [0.3, 0.4) is 0 Å². The fraction of sp³-hybridized carbons (Fsp3) is 0.350. The number of rotatable bonds is 5. The van der Waals surface area contributed by atoms with Gasteiger partial charge < -0.3 is 5.32 Å². The van der Waals surface area contributed by atoms with Gasteiger partial charge in [-0.2, -0.15) is 0 Å². The number of nitrogens with one attached hydrogen (secondary N) is 1. The molecule has 2 aromatic rings. The van der Waals surface area contributed by atoms with E-state index in [-0.39, 0.29) is 11.9 Å². The molecule has 0 spiro atoms. The van der Waals surface area contributed by atoms with Gasteiger partial charge in [-0.3, -0.25) is 9.10 Å². The Labute approximate surface area is 156 Å². The smallest absolute Gasteiger partial charge is 0.251 e. The summed E-state index contributed by atoms with van der Waals surface area (Å²) in [6.45, 7) is 7.84. The van der Waals surface area contributed by atoms with E-state index in [2.05, 4.69) is 18.3 Å². The fourth-order valence-electron chi connectivity index (χ4n) is 2.67. The zero-order chi connectivity index (χ0) is 19.6. The number of carbonyl (C=O) groups excluding carboxylic acids is 1. The van der Waals surface area contributed by atoms with E-state index >= 15 is 0 Å². The lowest BCUT2D eigenvalue weighted by molar-refractivity contribution is 0.0940. The Hall–Kier alpha value is -2.34. The van der Waals surface area contributed by atoms with Crippen LogP contribution in [0.4, 0.5) is 5.69 Å². The number of aryl methyl sites for hydroxylation is 3. The quantitative estimate of drug-likeness (QED) is 0.871. The van der Waals surface area contributed by atoms with E-state index in [1.54, 1.807) is 18.2 Å². The van der Waals surface area contributed by atoms with Gasteiger partial charge in [0.25, 0.3) is 5.91 Å². The van der Waals surface area contributed by atoms with Crippen LogP contribution in [0.2, 0.25) is 0 Å². The van der Waals surface area contributed by atoms with E-state index in [0.717, 1.165) is 17.4 Å². The zero-order valence-electron chi connectivity index (χ0n) is 16.1. The number of carbonyl (C=O) groups is 1. The van der Waals surface area contributed by atoms with Crippen LogP contribution < -0.4 is 9.62 Å². The number of nitrogens with zero attached hydrogens (tertiary/aromatic N) is 1. The van der Waals surface area contributed by atoms with Gasteiger partial charge in [-0.15, -0.1) is 0 Å². The Morgan fingerprint density at radius 1 is 1.00 bits per heavy atom. The SMILES string of the molecule is Cc1ccc([C@H](C)NC(=O)c2ccc(C)c(N(C)S(C)(=O)=O)c2)cc1C. The Balaban J connectivity index is 2.25. The molecule has 0 aliphatic heterocycles. The summed E-state index contributed by atoms with van der Waals surface area (Å²) >= 11 is 0. The molecular formula is C20H26N2O3S. The highest BCUT2D eigenvalue weighted by Gasteiger charge is 2.18. The second kappa shape index (κ2) is 7.50. The maximum Gasteiger partial charge on any atom is 0.251 e. The predicted molar refractivity (Wildman–Crippen MR) is 106 cm³/mol. The summed E-state index contributed by atoms with van der Waals surface area (Å²) in [6.07, 6.45) is 1.14. The lowest BCUT2D eigenvalue weighted by atomic mass is 10.0. The normalized spacial score (nSPS) is 12.5. The molecule has 6 heteroatoms. The van der Waals surface area contributed by atoms with Crippen LogP contribution >= 0.6 is 0 Å². The topological polar surface area (TPSA) is 66.5 Å². The van der Waals surface area contributed by atoms with Crippen LogP contribution in [-0.2, 0) is 10.0 Å². The molecule has 5 nitrogen and oxygen atoms in total. The average Bonchev–Trinajstić information content (AvgIpc) is 2.56. The van der Waals surface area contributed by atoms with Crippen molar-refractivity contribution in [3.63, 3.8) is 0 Å². The van der Waals surface area contributed by atoms with Gasteiger partial charge in [0.15, 0.2) is 0 Å². The first-order valence-electron chi connectivity index (χ1n) is 8.43. The van der Waals surface area contributed by atoms with Crippen LogP contribution in [0.1, 0.15) is 45.6 Å². The van der Waals surface area contributed by atoms with E-state index in [0.29, 0.717) is 11.3 Å². The molecule has 0 bridgehead atoms. The molecule has 0 heterocycles. The summed E-state index contributed by atoms with van der Waals surface area (Å²) in [7, 11) is -1.91. The number of anilines is 1. The van der Waals surface area contributed by atoms with Crippen molar-refractivity contribution in [1.82, 2.24) is 5.32 Å². The molecule has 0 unspecified atom stereocenters. The van der Waals surface area contributed by atoms with Gasteiger partial charge >= 0.3 is 0 Å². The monoisotopic (exact) mass is 374 g/mol. The summed E-state index contributed by atoms with van der Waals surface area (Å²) < 4.78 is 24.8. The predicted octanol–water partition coefficient (Wildman–Crippen LogP) is 3.50. The second-order valence-electron chi connectivity index (χ2n) is 6.77. The number of hydrogen-bond acceptors (Lipinski definition) is 3. The maximum absolute atomic E-state index is 12.6. The van der Waals surface area contributed by atoms with E-state index in [1.165, 1.54) is 22.5 Å².